The summed E-state index contributed by atoms with van der Waals surface area (Å²) in [6, 6.07) is 15.3. The zero-order chi connectivity index (χ0) is 23.7. The molecule has 0 aromatic heterocycles. The largest absolute Gasteiger partial charge is 0.491 e. The summed E-state index contributed by atoms with van der Waals surface area (Å²) in [7, 11) is 0. The first-order chi connectivity index (χ1) is 15.7. The Balaban J connectivity index is 1.71. The van der Waals surface area contributed by atoms with E-state index in [1.54, 1.807) is 0 Å². The normalized spacial score (nSPS) is 21.4. The Morgan fingerprint density at radius 3 is 2.12 bits per heavy atom. The van der Waals surface area contributed by atoms with E-state index < -0.39 is 0 Å². The molecule has 6 nitrogen and oxygen atoms in total. The summed E-state index contributed by atoms with van der Waals surface area (Å²) >= 11 is 0. The first-order valence-electron chi connectivity index (χ1n) is 11.6. The van der Waals surface area contributed by atoms with Gasteiger partial charge in [-0.15, -0.1) is 0 Å². The Kier molecular flexibility index (Phi) is 6.56. The molecule has 2 atom stereocenters. The molecule has 2 aliphatic heterocycles. The van der Waals surface area contributed by atoms with Gasteiger partial charge in [-0.2, -0.15) is 0 Å². The molecule has 6 heteroatoms. The number of amides is 2. The predicted octanol–water partition coefficient (Wildman–Crippen LogP) is 4.17. The molecule has 1 fully saturated rings. The van der Waals surface area contributed by atoms with Crippen molar-refractivity contribution in [1.29, 1.82) is 0 Å². The van der Waals surface area contributed by atoms with Gasteiger partial charge in [0.15, 0.2) is 0 Å². The second-order valence-corrected chi connectivity index (χ2v) is 9.26. The maximum Gasteiger partial charge on any atom is 0.278 e. The van der Waals surface area contributed by atoms with Crippen molar-refractivity contribution >= 4 is 17.4 Å². The van der Waals surface area contributed by atoms with Crippen LogP contribution in [0.5, 0.6) is 5.75 Å². The van der Waals surface area contributed by atoms with E-state index in [1.807, 2.05) is 88.0 Å². The zero-order valence-corrected chi connectivity index (χ0v) is 20.0. The van der Waals surface area contributed by atoms with Gasteiger partial charge in [-0.05, 0) is 57.9 Å². The fraction of sp³-hybridized carbons (Fsp3) is 0.407. The van der Waals surface area contributed by atoms with Crippen LogP contribution in [-0.2, 0) is 20.9 Å². The summed E-state index contributed by atoms with van der Waals surface area (Å²) in [5.74, 6) is 0.220. The van der Waals surface area contributed by atoms with Crippen molar-refractivity contribution in [2.75, 3.05) is 13.1 Å². The average molecular weight is 449 g/mol. The molecule has 174 valence electrons. The van der Waals surface area contributed by atoms with E-state index in [0.717, 1.165) is 22.4 Å². The molecule has 0 aliphatic carbocycles. The number of benzene rings is 2. The predicted molar refractivity (Wildman–Crippen MR) is 127 cm³/mol. The van der Waals surface area contributed by atoms with E-state index in [1.165, 1.54) is 4.90 Å². The SMILES string of the molecule is Cc1ccc(CN2C(=O)C(c3ccc(OC(C)C)cc3)=C(N3CC(C)OC(C)C3)C2=O)cc1. The number of aryl methyl sites for hydroxylation is 1. The van der Waals surface area contributed by atoms with Gasteiger partial charge in [0.25, 0.3) is 11.8 Å². The second kappa shape index (κ2) is 9.40. The molecular weight excluding hydrogens is 416 g/mol. The number of carbonyl (C=O) groups is 2. The minimum Gasteiger partial charge on any atom is -0.491 e. The van der Waals surface area contributed by atoms with E-state index in [0.29, 0.717) is 24.4 Å². The van der Waals surface area contributed by atoms with E-state index in [2.05, 4.69) is 0 Å². The van der Waals surface area contributed by atoms with Gasteiger partial charge >= 0.3 is 0 Å². The van der Waals surface area contributed by atoms with Crippen LogP contribution in [0.4, 0.5) is 0 Å². The molecule has 0 bridgehead atoms. The Labute approximate surface area is 195 Å². The number of rotatable bonds is 6. The highest BCUT2D eigenvalue weighted by molar-refractivity contribution is 6.35. The van der Waals surface area contributed by atoms with Crippen LogP contribution >= 0.6 is 0 Å². The lowest BCUT2D eigenvalue weighted by molar-refractivity contribution is -0.139. The summed E-state index contributed by atoms with van der Waals surface area (Å²) < 4.78 is 11.6. The number of hydrogen-bond acceptors (Lipinski definition) is 5. The standard InChI is InChI=1S/C27H32N2O4/c1-17(2)32-23-12-10-22(11-13-23)24-25(28-14-19(4)33-20(5)15-28)27(31)29(26(24)30)16-21-8-6-18(3)7-9-21/h6-13,17,19-20H,14-16H2,1-5H3. The second-order valence-electron chi connectivity index (χ2n) is 9.26. The number of imide groups is 1. The average Bonchev–Trinajstić information content (AvgIpc) is 2.99. The number of morpholine rings is 1. The molecule has 4 rings (SSSR count). The van der Waals surface area contributed by atoms with Crippen molar-refractivity contribution < 1.29 is 19.1 Å². The van der Waals surface area contributed by atoms with Gasteiger partial charge in [-0.25, -0.2) is 0 Å². The number of nitrogens with zero attached hydrogens (tertiary/aromatic N) is 2. The van der Waals surface area contributed by atoms with Gasteiger partial charge in [0.1, 0.15) is 11.4 Å². The molecule has 2 heterocycles. The first-order valence-corrected chi connectivity index (χ1v) is 11.6. The summed E-state index contributed by atoms with van der Waals surface area (Å²) in [5, 5.41) is 0. The van der Waals surface area contributed by atoms with Crippen LogP contribution in [-0.4, -0.2) is 53.0 Å². The van der Waals surface area contributed by atoms with E-state index in [-0.39, 0.29) is 36.7 Å². The van der Waals surface area contributed by atoms with E-state index in [4.69, 9.17) is 9.47 Å². The van der Waals surface area contributed by atoms with Gasteiger partial charge < -0.3 is 14.4 Å². The number of hydrogen-bond donors (Lipinski definition) is 0. The fourth-order valence-electron chi connectivity index (χ4n) is 4.47. The van der Waals surface area contributed by atoms with Crippen LogP contribution in [0.3, 0.4) is 0 Å². The molecule has 1 saturated heterocycles. The third-order valence-electron chi connectivity index (χ3n) is 5.86. The minimum absolute atomic E-state index is 0.0293. The highest BCUT2D eigenvalue weighted by Crippen LogP contribution is 2.34. The van der Waals surface area contributed by atoms with Crippen LogP contribution in [0.15, 0.2) is 54.2 Å². The first kappa shape index (κ1) is 23.1. The maximum absolute atomic E-state index is 13.6. The smallest absolute Gasteiger partial charge is 0.278 e. The molecule has 2 unspecified atom stereocenters. The molecule has 0 spiro atoms. The van der Waals surface area contributed by atoms with Gasteiger partial charge in [0, 0.05) is 13.1 Å². The Hall–Kier alpha value is -3.12. The molecule has 0 radical (unpaired) electrons. The summed E-state index contributed by atoms with van der Waals surface area (Å²) in [6.45, 7) is 11.3. The lowest BCUT2D eigenvalue weighted by atomic mass is 10.0. The molecule has 2 aromatic carbocycles. The lowest BCUT2D eigenvalue weighted by Crippen LogP contribution is -2.46. The Morgan fingerprint density at radius 1 is 0.939 bits per heavy atom. The molecular formula is C27H32N2O4. The van der Waals surface area contributed by atoms with Crippen LogP contribution in [0.1, 0.15) is 44.4 Å². The molecule has 0 saturated carbocycles. The molecule has 2 aromatic rings. The topological polar surface area (TPSA) is 59.1 Å². The fourth-order valence-corrected chi connectivity index (χ4v) is 4.47. The van der Waals surface area contributed by atoms with Crippen molar-refractivity contribution in [1.82, 2.24) is 9.80 Å². The van der Waals surface area contributed by atoms with Crippen molar-refractivity contribution in [3.63, 3.8) is 0 Å². The quantitative estimate of drug-likeness (QED) is 0.621. The number of ether oxygens (including phenoxy) is 2. The van der Waals surface area contributed by atoms with Gasteiger partial charge in [-0.1, -0.05) is 42.0 Å². The van der Waals surface area contributed by atoms with Crippen molar-refractivity contribution in [3.8, 4) is 5.75 Å². The van der Waals surface area contributed by atoms with Crippen LogP contribution < -0.4 is 4.74 Å². The summed E-state index contributed by atoms with van der Waals surface area (Å²) in [5.41, 5.74) is 3.69. The highest BCUT2D eigenvalue weighted by atomic mass is 16.5. The highest BCUT2D eigenvalue weighted by Gasteiger charge is 2.43. The third-order valence-corrected chi connectivity index (χ3v) is 5.86. The van der Waals surface area contributed by atoms with Gasteiger partial charge in [0.05, 0.1) is 30.4 Å². The molecule has 2 amide bonds. The lowest BCUT2D eigenvalue weighted by Gasteiger charge is -2.37. The monoisotopic (exact) mass is 448 g/mol. The summed E-state index contributed by atoms with van der Waals surface area (Å²) in [6.07, 6.45) is -0.00150. The van der Waals surface area contributed by atoms with Crippen LogP contribution in [0, 0.1) is 6.92 Å². The zero-order valence-electron chi connectivity index (χ0n) is 20.0. The maximum atomic E-state index is 13.6. The van der Waals surface area contributed by atoms with E-state index >= 15 is 0 Å². The van der Waals surface area contributed by atoms with Gasteiger partial charge in [0.2, 0.25) is 0 Å². The van der Waals surface area contributed by atoms with Crippen molar-refractivity contribution in [2.24, 2.45) is 0 Å². The summed E-state index contributed by atoms with van der Waals surface area (Å²) in [4.78, 5) is 30.6. The van der Waals surface area contributed by atoms with Gasteiger partial charge in [-0.3, -0.25) is 14.5 Å². The minimum atomic E-state index is -0.264. The third kappa shape index (κ3) is 4.96. The van der Waals surface area contributed by atoms with Crippen LogP contribution in [0.2, 0.25) is 0 Å². The van der Waals surface area contributed by atoms with Crippen molar-refractivity contribution in [2.45, 2.75) is 59.5 Å². The number of carbonyl (C=O) groups excluding carboxylic acids is 2. The Bertz CT molecular complexity index is 1050. The molecule has 2 aliphatic rings. The van der Waals surface area contributed by atoms with Crippen molar-refractivity contribution in [3.05, 3.63) is 70.9 Å². The van der Waals surface area contributed by atoms with Crippen LogP contribution in [0.25, 0.3) is 5.57 Å². The molecule has 0 N–H and O–H groups in total. The molecule has 33 heavy (non-hydrogen) atoms. The van der Waals surface area contributed by atoms with E-state index in [9.17, 15) is 9.59 Å². The Morgan fingerprint density at radius 2 is 1.55 bits per heavy atom.